The van der Waals surface area contributed by atoms with Gasteiger partial charge in [-0.3, -0.25) is 0 Å². The van der Waals surface area contributed by atoms with Crippen molar-refractivity contribution in [3.05, 3.63) is 18.0 Å². The monoisotopic (exact) mass is 297 g/mol. The van der Waals surface area contributed by atoms with Crippen LogP contribution in [0.15, 0.2) is 17.2 Å². The van der Waals surface area contributed by atoms with E-state index in [1.54, 1.807) is 0 Å². The fourth-order valence-corrected chi connectivity index (χ4v) is 3.90. The van der Waals surface area contributed by atoms with Gasteiger partial charge in [0.2, 0.25) is 10.0 Å². The molecule has 0 aliphatic heterocycles. The average Bonchev–Trinajstić information content (AvgIpc) is 3.11. The first-order valence-electron chi connectivity index (χ1n) is 7.54. The minimum atomic E-state index is -3.35. The lowest BCUT2D eigenvalue weighted by Gasteiger charge is -2.25. The molecular formula is C14H23N3O2S. The number of rotatable bonds is 7. The molecule has 0 unspecified atom stereocenters. The first kappa shape index (κ1) is 14.1. The van der Waals surface area contributed by atoms with Crippen molar-refractivity contribution in [3.8, 4) is 0 Å². The highest BCUT2D eigenvalue weighted by atomic mass is 32.2. The van der Waals surface area contributed by atoms with Crippen molar-refractivity contribution in [1.82, 2.24) is 14.6 Å². The van der Waals surface area contributed by atoms with Gasteiger partial charge in [0.15, 0.2) is 0 Å². The summed E-state index contributed by atoms with van der Waals surface area (Å²) in [6.45, 7) is 3.67. The summed E-state index contributed by atoms with van der Waals surface area (Å²) in [4.78, 5) is 0.421. The maximum absolute atomic E-state index is 12.4. The van der Waals surface area contributed by atoms with E-state index in [1.165, 1.54) is 0 Å². The second-order valence-corrected chi connectivity index (χ2v) is 7.55. The number of sulfonamides is 1. The van der Waals surface area contributed by atoms with Gasteiger partial charge in [-0.15, -0.1) is 0 Å². The first-order chi connectivity index (χ1) is 9.60. The van der Waals surface area contributed by atoms with Gasteiger partial charge in [0.05, 0.1) is 4.90 Å². The van der Waals surface area contributed by atoms with Crippen molar-refractivity contribution in [1.29, 1.82) is 0 Å². The highest BCUT2D eigenvalue weighted by Gasteiger charge is 2.30. The van der Waals surface area contributed by atoms with E-state index in [4.69, 9.17) is 0 Å². The molecule has 0 amide bonds. The molecule has 0 bridgehead atoms. The Morgan fingerprint density at radius 3 is 2.60 bits per heavy atom. The van der Waals surface area contributed by atoms with Crippen LogP contribution >= 0.6 is 0 Å². The van der Waals surface area contributed by atoms with E-state index in [9.17, 15) is 8.42 Å². The third-order valence-electron chi connectivity index (χ3n) is 4.14. The molecule has 112 valence electrons. The molecular weight excluding hydrogens is 274 g/mol. The zero-order valence-electron chi connectivity index (χ0n) is 11.9. The molecule has 0 atom stereocenters. The number of nitrogens with zero attached hydrogens (tertiary/aromatic N) is 1. The summed E-state index contributed by atoms with van der Waals surface area (Å²) in [6, 6.07) is 2.46. The lowest BCUT2D eigenvalue weighted by molar-refractivity contribution is 0.383. The molecule has 0 spiro atoms. The van der Waals surface area contributed by atoms with Gasteiger partial charge in [0.25, 0.3) is 0 Å². The minimum Gasteiger partial charge on any atom is -0.346 e. The Morgan fingerprint density at radius 2 is 2.05 bits per heavy atom. The second kappa shape index (κ2) is 5.50. The van der Waals surface area contributed by atoms with Gasteiger partial charge in [-0.1, -0.05) is 13.3 Å². The van der Waals surface area contributed by atoms with Crippen LogP contribution < -0.4 is 10.0 Å². The summed E-state index contributed by atoms with van der Waals surface area (Å²) >= 11 is 0. The van der Waals surface area contributed by atoms with E-state index in [0.29, 0.717) is 10.9 Å². The Kier molecular flexibility index (Phi) is 3.88. The zero-order chi connectivity index (χ0) is 14.2. The third kappa shape index (κ3) is 2.92. The van der Waals surface area contributed by atoms with Gasteiger partial charge >= 0.3 is 0 Å². The molecule has 2 fully saturated rings. The van der Waals surface area contributed by atoms with Crippen molar-refractivity contribution in [2.24, 2.45) is 0 Å². The van der Waals surface area contributed by atoms with Gasteiger partial charge in [-0.2, -0.15) is 0 Å². The first-order valence-corrected chi connectivity index (χ1v) is 9.02. The lowest BCUT2D eigenvalue weighted by Crippen LogP contribution is -2.39. The fraction of sp³-hybridized carbons (Fsp3) is 0.714. The Hall–Kier alpha value is -0.850. The molecule has 2 aliphatic carbocycles. The van der Waals surface area contributed by atoms with E-state index in [1.807, 2.05) is 12.3 Å². The molecule has 1 aromatic rings. The molecule has 0 aromatic carbocycles. The van der Waals surface area contributed by atoms with E-state index in [-0.39, 0.29) is 6.04 Å². The number of hydrogen-bond donors (Lipinski definition) is 2. The van der Waals surface area contributed by atoms with Crippen molar-refractivity contribution >= 4 is 10.0 Å². The van der Waals surface area contributed by atoms with Crippen LogP contribution in [0.4, 0.5) is 0 Å². The van der Waals surface area contributed by atoms with Crippen molar-refractivity contribution in [2.45, 2.75) is 62.6 Å². The summed E-state index contributed by atoms with van der Waals surface area (Å²) in [7, 11) is -3.35. The summed E-state index contributed by atoms with van der Waals surface area (Å²) in [6.07, 6.45) is 7.18. The van der Waals surface area contributed by atoms with Crippen LogP contribution in [0.5, 0.6) is 0 Å². The van der Waals surface area contributed by atoms with Crippen LogP contribution in [0.2, 0.25) is 0 Å². The summed E-state index contributed by atoms with van der Waals surface area (Å²) < 4.78 is 29.7. The normalized spacial score (nSPS) is 20.1. The molecule has 2 aliphatic rings. The van der Waals surface area contributed by atoms with Crippen LogP contribution in [0.25, 0.3) is 0 Å². The predicted molar refractivity (Wildman–Crippen MR) is 78.0 cm³/mol. The molecule has 1 heterocycles. The Labute approximate surface area is 120 Å². The molecule has 2 saturated carbocycles. The summed E-state index contributed by atoms with van der Waals surface area (Å²) in [5.74, 6) is 0. The van der Waals surface area contributed by atoms with E-state index in [0.717, 1.165) is 50.9 Å². The maximum atomic E-state index is 12.4. The minimum absolute atomic E-state index is 0.140. The predicted octanol–water partition coefficient (Wildman–Crippen LogP) is 1.76. The van der Waals surface area contributed by atoms with Gasteiger partial charge in [-0.25, -0.2) is 13.1 Å². The van der Waals surface area contributed by atoms with Crippen LogP contribution in [-0.4, -0.2) is 25.6 Å². The number of nitrogens with one attached hydrogen (secondary N) is 2. The molecule has 3 rings (SSSR count). The number of hydrogen-bond acceptors (Lipinski definition) is 3. The molecule has 1 aromatic heterocycles. The van der Waals surface area contributed by atoms with E-state index in [2.05, 4.69) is 21.5 Å². The van der Waals surface area contributed by atoms with Gasteiger partial charge in [-0.05, 0) is 38.3 Å². The second-order valence-electron chi connectivity index (χ2n) is 5.84. The number of aromatic nitrogens is 1. The fourth-order valence-electron chi connectivity index (χ4n) is 2.54. The molecule has 2 N–H and O–H groups in total. The topological polar surface area (TPSA) is 63.1 Å². The third-order valence-corrected chi connectivity index (χ3v) is 5.63. The Bertz CT molecular complexity index is 571. The lowest BCUT2D eigenvalue weighted by atomic mass is 9.94. The van der Waals surface area contributed by atoms with E-state index >= 15 is 0 Å². The highest BCUT2D eigenvalue weighted by molar-refractivity contribution is 7.89. The average molecular weight is 297 g/mol. The van der Waals surface area contributed by atoms with Crippen LogP contribution in [-0.2, 0) is 16.6 Å². The molecule has 5 nitrogen and oxygen atoms in total. The smallest absolute Gasteiger partial charge is 0.242 e. The Balaban J connectivity index is 1.81. The molecule has 20 heavy (non-hydrogen) atoms. The van der Waals surface area contributed by atoms with Crippen LogP contribution in [0.1, 0.15) is 50.8 Å². The van der Waals surface area contributed by atoms with Crippen molar-refractivity contribution < 1.29 is 8.42 Å². The largest absolute Gasteiger partial charge is 0.346 e. The molecule has 0 radical (unpaired) electrons. The van der Waals surface area contributed by atoms with Gasteiger partial charge in [0, 0.05) is 30.5 Å². The zero-order valence-corrected chi connectivity index (χ0v) is 12.7. The van der Waals surface area contributed by atoms with E-state index < -0.39 is 10.0 Å². The maximum Gasteiger partial charge on any atom is 0.242 e. The quantitative estimate of drug-likeness (QED) is 0.806. The molecule has 6 heteroatoms. The Morgan fingerprint density at radius 1 is 1.30 bits per heavy atom. The van der Waals surface area contributed by atoms with Crippen molar-refractivity contribution in [2.75, 3.05) is 6.54 Å². The standard InChI is InChI=1S/C14H23N3O2S/c1-2-15-9-13-8-14(10-17(13)12-6-7-12)20(18,19)16-11-4-3-5-11/h8,10-12,15-16H,2-7,9H2,1H3. The highest BCUT2D eigenvalue weighted by Crippen LogP contribution is 2.37. The van der Waals surface area contributed by atoms with Crippen molar-refractivity contribution in [3.63, 3.8) is 0 Å². The SMILES string of the molecule is CCNCc1cc(S(=O)(=O)NC2CCC2)cn1C1CC1. The van der Waals surface area contributed by atoms with Gasteiger partial charge < -0.3 is 9.88 Å². The van der Waals surface area contributed by atoms with Gasteiger partial charge in [0.1, 0.15) is 0 Å². The van der Waals surface area contributed by atoms with Crippen LogP contribution in [0.3, 0.4) is 0 Å². The summed E-state index contributed by atoms with van der Waals surface area (Å²) in [5, 5.41) is 3.28. The van der Waals surface area contributed by atoms with Crippen LogP contribution in [0, 0.1) is 0 Å². The molecule has 0 saturated heterocycles. The summed E-state index contributed by atoms with van der Waals surface area (Å²) in [5.41, 5.74) is 1.07.